The van der Waals surface area contributed by atoms with E-state index >= 15 is 0 Å². The first-order valence-electron chi connectivity index (χ1n) is 11.7. The molecule has 9 nitrogen and oxygen atoms in total. The number of methoxy groups -OCH3 is 1. The molecule has 3 amide bonds. The zero-order valence-corrected chi connectivity index (χ0v) is 19.8. The minimum absolute atomic E-state index is 0.0114. The van der Waals surface area contributed by atoms with Gasteiger partial charge in [-0.2, -0.15) is 0 Å². The van der Waals surface area contributed by atoms with Crippen molar-refractivity contribution in [3.8, 4) is 5.75 Å². The molecule has 0 spiro atoms. The van der Waals surface area contributed by atoms with Crippen molar-refractivity contribution in [2.45, 2.75) is 13.0 Å². The van der Waals surface area contributed by atoms with Gasteiger partial charge in [-0.05, 0) is 36.8 Å². The fourth-order valence-corrected chi connectivity index (χ4v) is 4.73. The summed E-state index contributed by atoms with van der Waals surface area (Å²) in [5.74, 6) is 0.181. The number of hydrogen-bond donors (Lipinski definition) is 1. The highest BCUT2D eigenvalue weighted by molar-refractivity contribution is 5.98. The van der Waals surface area contributed by atoms with E-state index in [9.17, 15) is 14.4 Å². The van der Waals surface area contributed by atoms with Crippen molar-refractivity contribution >= 4 is 23.6 Å². The minimum Gasteiger partial charge on any atom is -0.497 e. The number of hydrogen-bond acceptors (Lipinski definition) is 6. The van der Waals surface area contributed by atoms with Crippen LogP contribution in [0.3, 0.4) is 0 Å². The van der Waals surface area contributed by atoms with Crippen molar-refractivity contribution in [2.75, 3.05) is 51.3 Å². The smallest absolute Gasteiger partial charge is 0.338 e. The quantitative estimate of drug-likeness (QED) is 0.666. The van der Waals surface area contributed by atoms with Crippen LogP contribution in [0.15, 0.2) is 59.8 Å². The predicted molar refractivity (Wildman–Crippen MR) is 129 cm³/mol. The molecule has 1 N–H and O–H groups in total. The second-order valence-corrected chi connectivity index (χ2v) is 8.88. The number of nitrogens with zero attached hydrogens (tertiary/aromatic N) is 3. The summed E-state index contributed by atoms with van der Waals surface area (Å²) in [6.07, 6.45) is 0. The van der Waals surface area contributed by atoms with E-state index in [0.717, 1.165) is 22.6 Å². The fourth-order valence-electron chi connectivity index (χ4n) is 4.73. The van der Waals surface area contributed by atoms with E-state index in [2.05, 4.69) is 10.2 Å². The molecular weight excluding hydrogens is 448 g/mol. The summed E-state index contributed by atoms with van der Waals surface area (Å²) in [5.41, 5.74) is 3.82. The van der Waals surface area contributed by atoms with Crippen LogP contribution in [0, 0.1) is 6.92 Å². The molecule has 5 rings (SSSR count). The minimum atomic E-state index is -0.590. The number of urea groups is 1. The van der Waals surface area contributed by atoms with E-state index in [1.165, 1.54) is 4.90 Å². The average molecular weight is 477 g/mol. The van der Waals surface area contributed by atoms with Crippen LogP contribution in [0.5, 0.6) is 5.75 Å². The molecule has 0 unspecified atom stereocenters. The largest absolute Gasteiger partial charge is 0.497 e. The van der Waals surface area contributed by atoms with E-state index in [1.54, 1.807) is 12.0 Å². The molecule has 3 aliphatic heterocycles. The molecular formula is C26H28N4O5. The SMILES string of the molecule is COc1ccc(N2CCN(C(=O)CN3C(=O)N[C@@H](c4ccc(C)cc4)C4=C3COC4=O)CC2)cc1. The van der Waals surface area contributed by atoms with Gasteiger partial charge in [-0.3, -0.25) is 9.69 Å². The molecule has 1 saturated heterocycles. The summed E-state index contributed by atoms with van der Waals surface area (Å²) in [7, 11) is 1.64. The highest BCUT2D eigenvalue weighted by Gasteiger charge is 2.43. The van der Waals surface area contributed by atoms with Gasteiger partial charge in [0.05, 0.1) is 24.4 Å². The van der Waals surface area contributed by atoms with Gasteiger partial charge in [0.1, 0.15) is 18.9 Å². The summed E-state index contributed by atoms with van der Waals surface area (Å²) < 4.78 is 10.5. The molecule has 2 aromatic carbocycles. The fraction of sp³-hybridized carbons (Fsp3) is 0.346. The molecule has 2 aromatic rings. The number of anilines is 1. The Morgan fingerprint density at radius 1 is 1.03 bits per heavy atom. The Labute approximate surface area is 203 Å². The Kier molecular flexibility index (Phi) is 6.07. The lowest BCUT2D eigenvalue weighted by Gasteiger charge is -2.38. The molecule has 3 aliphatic rings. The van der Waals surface area contributed by atoms with Gasteiger partial charge >= 0.3 is 12.0 Å². The first-order valence-corrected chi connectivity index (χ1v) is 11.7. The van der Waals surface area contributed by atoms with Crippen LogP contribution in [0.1, 0.15) is 17.2 Å². The van der Waals surface area contributed by atoms with E-state index < -0.39 is 18.0 Å². The van der Waals surface area contributed by atoms with Crippen LogP contribution in [-0.2, 0) is 14.3 Å². The van der Waals surface area contributed by atoms with Crippen LogP contribution >= 0.6 is 0 Å². The van der Waals surface area contributed by atoms with Crippen molar-refractivity contribution in [2.24, 2.45) is 0 Å². The number of ether oxygens (including phenoxy) is 2. The van der Waals surface area contributed by atoms with Crippen LogP contribution in [0.2, 0.25) is 0 Å². The molecule has 0 bridgehead atoms. The molecule has 3 heterocycles. The van der Waals surface area contributed by atoms with E-state index in [4.69, 9.17) is 9.47 Å². The van der Waals surface area contributed by atoms with Crippen LogP contribution in [0.4, 0.5) is 10.5 Å². The number of amides is 3. The van der Waals surface area contributed by atoms with Gasteiger partial charge in [0, 0.05) is 31.9 Å². The third-order valence-electron chi connectivity index (χ3n) is 6.77. The van der Waals surface area contributed by atoms with Gasteiger partial charge in [-0.25, -0.2) is 9.59 Å². The molecule has 1 atom stereocenters. The Bertz CT molecular complexity index is 1170. The number of benzene rings is 2. The standard InChI is InChI=1S/C26H28N4O5/c1-17-3-5-18(6-4-17)24-23-21(16-35-25(23)32)30(26(33)27-24)15-22(31)29-13-11-28(12-14-29)19-7-9-20(34-2)10-8-19/h3-10,24H,11-16H2,1-2H3,(H,27,33)/t24-/m0/s1. The van der Waals surface area contributed by atoms with Gasteiger partial charge in [0.15, 0.2) is 0 Å². The molecule has 0 radical (unpaired) electrons. The number of cyclic esters (lactones) is 1. The monoisotopic (exact) mass is 476 g/mol. The lowest BCUT2D eigenvalue weighted by molar-refractivity contribution is -0.136. The van der Waals surface area contributed by atoms with Crippen molar-refractivity contribution in [1.29, 1.82) is 0 Å². The van der Waals surface area contributed by atoms with Crippen LogP contribution < -0.4 is 15.0 Å². The highest BCUT2D eigenvalue weighted by Crippen LogP contribution is 2.35. The van der Waals surface area contributed by atoms with Crippen molar-refractivity contribution < 1.29 is 23.9 Å². The summed E-state index contributed by atoms with van der Waals surface area (Å²) in [5, 5.41) is 2.89. The summed E-state index contributed by atoms with van der Waals surface area (Å²) in [6, 6.07) is 14.5. The predicted octanol–water partition coefficient (Wildman–Crippen LogP) is 2.23. The Balaban J connectivity index is 1.27. The second kappa shape index (κ2) is 9.32. The summed E-state index contributed by atoms with van der Waals surface area (Å²) in [6.45, 7) is 4.31. The Morgan fingerprint density at radius 2 is 1.71 bits per heavy atom. The number of aryl methyl sites for hydroxylation is 1. The average Bonchev–Trinajstić information content (AvgIpc) is 3.27. The van der Waals surface area contributed by atoms with Crippen molar-refractivity contribution in [1.82, 2.24) is 15.1 Å². The van der Waals surface area contributed by atoms with Gasteiger partial charge in [-0.1, -0.05) is 29.8 Å². The third kappa shape index (κ3) is 4.41. The summed E-state index contributed by atoms with van der Waals surface area (Å²) in [4.78, 5) is 44.0. The molecule has 182 valence electrons. The first kappa shape index (κ1) is 22.8. The molecule has 0 aromatic heterocycles. The maximum atomic E-state index is 13.1. The number of esters is 1. The summed E-state index contributed by atoms with van der Waals surface area (Å²) >= 11 is 0. The number of piperazine rings is 1. The molecule has 9 heteroatoms. The van der Waals surface area contributed by atoms with Gasteiger partial charge < -0.3 is 24.6 Å². The topological polar surface area (TPSA) is 91.4 Å². The zero-order valence-electron chi connectivity index (χ0n) is 19.8. The number of nitrogens with one attached hydrogen (secondary N) is 1. The van der Waals surface area contributed by atoms with Gasteiger partial charge in [-0.15, -0.1) is 0 Å². The Morgan fingerprint density at radius 3 is 2.37 bits per heavy atom. The second-order valence-electron chi connectivity index (χ2n) is 8.88. The van der Waals surface area contributed by atoms with Crippen molar-refractivity contribution in [3.05, 3.63) is 70.9 Å². The molecule has 35 heavy (non-hydrogen) atoms. The highest BCUT2D eigenvalue weighted by atomic mass is 16.5. The number of rotatable bonds is 5. The van der Waals surface area contributed by atoms with E-state index in [1.807, 2.05) is 55.5 Å². The molecule has 0 aliphatic carbocycles. The lowest BCUT2D eigenvalue weighted by Crippen LogP contribution is -2.54. The first-order chi connectivity index (χ1) is 16.9. The van der Waals surface area contributed by atoms with Crippen LogP contribution in [0.25, 0.3) is 0 Å². The molecule has 1 fully saturated rings. The molecule has 0 saturated carbocycles. The number of carbonyl (C=O) groups is 3. The van der Waals surface area contributed by atoms with E-state index in [0.29, 0.717) is 37.4 Å². The Hall–Kier alpha value is -4.01. The normalized spacial score (nSPS) is 19.9. The zero-order chi connectivity index (χ0) is 24.5. The van der Waals surface area contributed by atoms with Crippen molar-refractivity contribution in [3.63, 3.8) is 0 Å². The van der Waals surface area contributed by atoms with Gasteiger partial charge in [0.25, 0.3) is 0 Å². The lowest BCUT2D eigenvalue weighted by atomic mass is 9.95. The third-order valence-corrected chi connectivity index (χ3v) is 6.77. The maximum absolute atomic E-state index is 13.1. The van der Waals surface area contributed by atoms with Gasteiger partial charge in [0.2, 0.25) is 5.91 Å². The van der Waals surface area contributed by atoms with Crippen LogP contribution in [-0.4, -0.2) is 74.1 Å². The van der Waals surface area contributed by atoms with E-state index in [-0.39, 0.29) is 19.1 Å². The number of carbonyl (C=O) groups excluding carboxylic acids is 3. The maximum Gasteiger partial charge on any atom is 0.338 e.